The van der Waals surface area contributed by atoms with Crippen LogP contribution in [0.5, 0.6) is 0 Å². The molecule has 0 aromatic carbocycles. The molecule has 1 saturated carbocycles. The molecule has 3 aliphatic rings. The topological polar surface area (TPSA) is 75.0 Å². The molecule has 0 bridgehead atoms. The number of piperidine rings is 1. The van der Waals surface area contributed by atoms with Crippen molar-refractivity contribution in [2.24, 2.45) is 11.8 Å². The van der Waals surface area contributed by atoms with Crippen molar-refractivity contribution in [2.45, 2.75) is 31.8 Å². The summed E-state index contributed by atoms with van der Waals surface area (Å²) in [6.45, 7) is 5.26. The largest absolute Gasteiger partial charge is 0.440 e. The van der Waals surface area contributed by atoms with Crippen LogP contribution in [-0.4, -0.2) is 73.6 Å². The number of furan rings is 1. The Bertz CT molecular complexity index is 697. The second-order valence-electron chi connectivity index (χ2n) is 8.23. The molecule has 0 spiro atoms. The van der Waals surface area contributed by atoms with Crippen LogP contribution >= 0.6 is 11.6 Å². The molecule has 3 heterocycles. The smallest absolute Gasteiger partial charge is 0.287 e. The Labute approximate surface area is 170 Å². The van der Waals surface area contributed by atoms with Crippen LogP contribution < -0.4 is 5.32 Å². The van der Waals surface area contributed by atoms with Gasteiger partial charge in [0.2, 0.25) is 5.91 Å². The maximum Gasteiger partial charge on any atom is 0.287 e. The monoisotopic (exact) mass is 409 g/mol. The molecule has 1 atom stereocenters. The third kappa shape index (κ3) is 5.27. The van der Waals surface area contributed by atoms with Gasteiger partial charge in [0.15, 0.2) is 11.0 Å². The van der Waals surface area contributed by atoms with Crippen LogP contribution in [0.4, 0.5) is 0 Å². The van der Waals surface area contributed by atoms with Crippen LogP contribution in [-0.2, 0) is 9.53 Å². The zero-order chi connectivity index (χ0) is 19.5. The van der Waals surface area contributed by atoms with Crippen molar-refractivity contribution in [1.82, 2.24) is 15.1 Å². The number of halogens is 1. The molecule has 2 aliphatic heterocycles. The lowest BCUT2D eigenvalue weighted by molar-refractivity contribution is -0.149. The van der Waals surface area contributed by atoms with Crippen LogP contribution in [0.2, 0.25) is 5.22 Å². The minimum Gasteiger partial charge on any atom is -0.440 e. The first-order chi connectivity index (χ1) is 13.6. The van der Waals surface area contributed by atoms with Crippen molar-refractivity contribution in [3.63, 3.8) is 0 Å². The second-order valence-corrected chi connectivity index (χ2v) is 8.61. The lowest BCUT2D eigenvalue weighted by atomic mass is 9.95. The Balaban J connectivity index is 1.21. The first-order valence-electron chi connectivity index (χ1n) is 10.2. The van der Waals surface area contributed by atoms with Gasteiger partial charge in [-0.1, -0.05) is 0 Å². The van der Waals surface area contributed by atoms with Gasteiger partial charge in [-0.3, -0.25) is 9.59 Å². The minimum absolute atomic E-state index is 0.0424. The summed E-state index contributed by atoms with van der Waals surface area (Å²) in [5.74, 6) is 1.37. The number of rotatable bonds is 7. The summed E-state index contributed by atoms with van der Waals surface area (Å²) in [5, 5.41) is 2.97. The van der Waals surface area contributed by atoms with Crippen molar-refractivity contribution in [1.29, 1.82) is 0 Å². The van der Waals surface area contributed by atoms with E-state index in [-0.39, 0.29) is 35.5 Å². The maximum atomic E-state index is 12.3. The van der Waals surface area contributed by atoms with E-state index in [1.165, 1.54) is 31.5 Å². The fourth-order valence-electron chi connectivity index (χ4n) is 4.04. The molecule has 0 radical (unpaired) electrons. The molecule has 3 fully saturated rings. The predicted molar refractivity (Wildman–Crippen MR) is 104 cm³/mol. The van der Waals surface area contributed by atoms with Crippen molar-refractivity contribution in [3.05, 3.63) is 23.1 Å². The zero-order valence-electron chi connectivity index (χ0n) is 16.1. The predicted octanol–water partition coefficient (Wildman–Crippen LogP) is 2.01. The normalized spacial score (nSPS) is 24.5. The summed E-state index contributed by atoms with van der Waals surface area (Å²) in [6.07, 6.45) is 4.89. The Kier molecular flexibility index (Phi) is 6.23. The molecule has 8 heteroatoms. The van der Waals surface area contributed by atoms with Crippen LogP contribution in [0.15, 0.2) is 16.5 Å². The van der Waals surface area contributed by atoms with Crippen molar-refractivity contribution in [2.75, 3.05) is 45.9 Å². The summed E-state index contributed by atoms with van der Waals surface area (Å²) in [4.78, 5) is 28.8. The van der Waals surface area contributed by atoms with Gasteiger partial charge in [-0.15, -0.1) is 0 Å². The average Bonchev–Trinajstić information content (AvgIpc) is 3.40. The van der Waals surface area contributed by atoms with Gasteiger partial charge < -0.3 is 24.3 Å². The van der Waals surface area contributed by atoms with Gasteiger partial charge in [0.25, 0.3) is 5.91 Å². The van der Waals surface area contributed by atoms with E-state index in [2.05, 4.69) is 10.2 Å². The lowest BCUT2D eigenvalue weighted by Gasteiger charge is -2.38. The fraction of sp³-hybridized carbons (Fsp3) is 0.700. The highest BCUT2D eigenvalue weighted by Gasteiger charge is 2.31. The number of nitrogens with zero attached hydrogens (tertiary/aromatic N) is 2. The van der Waals surface area contributed by atoms with E-state index in [9.17, 15) is 9.59 Å². The van der Waals surface area contributed by atoms with Crippen molar-refractivity contribution < 1.29 is 18.7 Å². The number of likely N-dealkylation sites (tertiary alicyclic amines) is 1. The third-order valence-corrected chi connectivity index (χ3v) is 6.11. The van der Waals surface area contributed by atoms with Crippen LogP contribution in [0.3, 0.4) is 0 Å². The Morgan fingerprint density at radius 1 is 1.14 bits per heavy atom. The molecule has 7 nitrogen and oxygen atoms in total. The van der Waals surface area contributed by atoms with E-state index in [4.69, 9.17) is 20.8 Å². The molecule has 2 saturated heterocycles. The quantitative estimate of drug-likeness (QED) is 0.745. The average molecular weight is 410 g/mol. The molecule has 4 rings (SSSR count). The first-order valence-corrected chi connectivity index (χ1v) is 10.6. The van der Waals surface area contributed by atoms with E-state index in [1.54, 1.807) is 0 Å². The maximum absolute atomic E-state index is 12.3. The fourth-order valence-corrected chi connectivity index (χ4v) is 4.19. The molecular formula is C20H28ClN3O4. The SMILES string of the molecule is O=C(NCC1CN(CC2CCN(CC3CC3)CC2)C(=O)CO1)c1ccc(Cl)o1. The first kappa shape index (κ1) is 19.7. The van der Waals surface area contributed by atoms with Crippen molar-refractivity contribution >= 4 is 23.4 Å². The summed E-state index contributed by atoms with van der Waals surface area (Å²) in [6, 6.07) is 3.06. The molecule has 28 heavy (non-hydrogen) atoms. The molecule has 2 amide bonds. The highest BCUT2D eigenvalue weighted by molar-refractivity contribution is 6.29. The number of morpholine rings is 1. The van der Waals surface area contributed by atoms with Gasteiger partial charge >= 0.3 is 0 Å². The summed E-state index contributed by atoms with van der Waals surface area (Å²) in [7, 11) is 0. The van der Waals surface area contributed by atoms with Crippen LogP contribution in [0.1, 0.15) is 36.2 Å². The highest BCUT2D eigenvalue weighted by atomic mass is 35.5. The van der Waals surface area contributed by atoms with Crippen LogP contribution in [0.25, 0.3) is 0 Å². The Hall–Kier alpha value is -1.57. The van der Waals surface area contributed by atoms with Gasteiger partial charge in [0, 0.05) is 26.2 Å². The third-order valence-electron chi connectivity index (χ3n) is 5.91. The van der Waals surface area contributed by atoms with Crippen LogP contribution in [0, 0.1) is 11.8 Å². The number of ether oxygens (including phenoxy) is 1. The molecule has 1 aromatic rings. The summed E-state index contributed by atoms with van der Waals surface area (Å²) in [5.41, 5.74) is 0. The summed E-state index contributed by atoms with van der Waals surface area (Å²) >= 11 is 5.70. The molecule has 1 N–H and O–H groups in total. The standard InChI is InChI=1S/C20H28ClN3O4/c21-18-4-3-17(28-18)20(26)22-9-16-12-24(19(25)13-27-16)11-15-5-7-23(8-6-15)10-14-1-2-14/h3-4,14-16H,1-2,5-13H2,(H,22,26). The molecular weight excluding hydrogens is 382 g/mol. The Morgan fingerprint density at radius 3 is 2.57 bits per heavy atom. The molecule has 1 aliphatic carbocycles. The Morgan fingerprint density at radius 2 is 1.89 bits per heavy atom. The number of hydrogen-bond donors (Lipinski definition) is 1. The number of carbonyl (C=O) groups is 2. The van der Waals surface area contributed by atoms with E-state index in [1.807, 2.05) is 4.90 Å². The number of nitrogens with one attached hydrogen (secondary N) is 1. The van der Waals surface area contributed by atoms with Crippen molar-refractivity contribution in [3.8, 4) is 0 Å². The van der Waals surface area contributed by atoms with Gasteiger partial charge in [0.1, 0.15) is 6.61 Å². The molecule has 154 valence electrons. The zero-order valence-corrected chi connectivity index (χ0v) is 16.8. The second kappa shape index (κ2) is 8.84. The molecule has 1 unspecified atom stereocenters. The highest BCUT2D eigenvalue weighted by Crippen LogP contribution is 2.31. The van der Waals surface area contributed by atoms with E-state index in [0.717, 1.165) is 38.4 Å². The van der Waals surface area contributed by atoms with E-state index < -0.39 is 0 Å². The van der Waals surface area contributed by atoms with Gasteiger partial charge in [0.05, 0.1) is 6.10 Å². The van der Waals surface area contributed by atoms with E-state index >= 15 is 0 Å². The van der Waals surface area contributed by atoms with Gasteiger partial charge in [-0.25, -0.2) is 0 Å². The number of hydrogen-bond acceptors (Lipinski definition) is 5. The minimum atomic E-state index is -0.331. The van der Waals surface area contributed by atoms with Gasteiger partial charge in [-0.05, 0) is 74.3 Å². The molecule has 1 aromatic heterocycles. The van der Waals surface area contributed by atoms with Gasteiger partial charge in [-0.2, -0.15) is 0 Å². The number of amides is 2. The lowest BCUT2D eigenvalue weighted by Crippen LogP contribution is -2.52. The summed E-state index contributed by atoms with van der Waals surface area (Å²) < 4.78 is 10.7. The van der Waals surface area contributed by atoms with E-state index in [0.29, 0.717) is 19.0 Å². The number of carbonyl (C=O) groups excluding carboxylic acids is 2.